The first kappa shape index (κ1) is 23.5. The van der Waals surface area contributed by atoms with Crippen LogP contribution in [-0.4, -0.2) is 49.2 Å². The second-order valence-corrected chi connectivity index (χ2v) is 6.96. The van der Waals surface area contributed by atoms with E-state index in [1.807, 2.05) is 48.5 Å². The van der Waals surface area contributed by atoms with Crippen LogP contribution in [0, 0.1) is 0 Å². The number of aromatic nitrogens is 2. The highest BCUT2D eigenvalue weighted by Gasteiger charge is 2.18. The van der Waals surface area contributed by atoms with Crippen molar-refractivity contribution in [3.05, 3.63) is 78.1 Å². The van der Waals surface area contributed by atoms with Gasteiger partial charge in [0.1, 0.15) is 11.5 Å². The number of hydrogen-bond donors (Lipinski definition) is 2. The smallest absolute Gasteiger partial charge is 0.308 e. The summed E-state index contributed by atoms with van der Waals surface area (Å²) in [7, 11) is 3.18. The summed E-state index contributed by atoms with van der Waals surface area (Å²) in [5, 5.41) is 5.84. The molecule has 0 atom stereocenters. The standard InChI is InChI=1S/C24H26N4O5/c1-31-19-8-4-17(5-9-19)23(18-6-10-20(32-2)11-7-18)28-21(29)16-33-22(30)12-15-27-24-25-13-3-14-26-24/h3-11,13-14,23H,12,15-16H2,1-2H3,(H,28,29)(H,25,26,27). The van der Waals surface area contributed by atoms with Gasteiger partial charge < -0.3 is 24.8 Å². The molecular weight excluding hydrogens is 424 g/mol. The van der Waals surface area contributed by atoms with E-state index in [2.05, 4.69) is 20.6 Å². The Morgan fingerprint density at radius 2 is 1.42 bits per heavy atom. The van der Waals surface area contributed by atoms with Gasteiger partial charge in [-0.1, -0.05) is 24.3 Å². The highest BCUT2D eigenvalue weighted by Crippen LogP contribution is 2.26. The van der Waals surface area contributed by atoms with Gasteiger partial charge in [-0.25, -0.2) is 9.97 Å². The van der Waals surface area contributed by atoms with Crippen molar-refractivity contribution in [3.8, 4) is 11.5 Å². The average molecular weight is 450 g/mol. The summed E-state index contributed by atoms with van der Waals surface area (Å²) in [6.45, 7) is -0.0890. The maximum atomic E-state index is 12.6. The number of ether oxygens (including phenoxy) is 3. The van der Waals surface area contributed by atoms with Gasteiger partial charge in [-0.05, 0) is 41.5 Å². The number of benzene rings is 2. The molecule has 172 valence electrons. The maximum absolute atomic E-state index is 12.6. The Bertz CT molecular complexity index is 979. The number of carbonyl (C=O) groups is 2. The van der Waals surface area contributed by atoms with E-state index < -0.39 is 17.9 Å². The maximum Gasteiger partial charge on any atom is 0.308 e. The van der Waals surface area contributed by atoms with Crippen LogP contribution >= 0.6 is 0 Å². The van der Waals surface area contributed by atoms with Gasteiger partial charge in [0.25, 0.3) is 5.91 Å². The predicted octanol–water partition coefficient (Wildman–Crippen LogP) is 2.74. The molecule has 0 bridgehead atoms. The number of nitrogens with one attached hydrogen (secondary N) is 2. The molecule has 2 N–H and O–H groups in total. The molecule has 1 amide bonds. The molecule has 2 aromatic carbocycles. The van der Waals surface area contributed by atoms with Crippen LogP contribution in [-0.2, 0) is 14.3 Å². The van der Waals surface area contributed by atoms with Crippen molar-refractivity contribution in [2.75, 3.05) is 32.7 Å². The quantitative estimate of drug-likeness (QED) is 0.429. The zero-order chi connectivity index (χ0) is 23.5. The summed E-state index contributed by atoms with van der Waals surface area (Å²) in [6, 6.07) is 16.0. The molecule has 0 saturated carbocycles. The summed E-state index contributed by atoms with van der Waals surface area (Å²) in [4.78, 5) is 32.6. The molecule has 0 aliphatic carbocycles. The van der Waals surface area contributed by atoms with Crippen molar-refractivity contribution in [1.29, 1.82) is 0 Å². The van der Waals surface area contributed by atoms with Crippen LogP contribution in [0.25, 0.3) is 0 Å². The Morgan fingerprint density at radius 1 is 0.879 bits per heavy atom. The summed E-state index contributed by atoms with van der Waals surface area (Å²) in [5.41, 5.74) is 1.71. The Hall–Kier alpha value is -4.14. The first-order chi connectivity index (χ1) is 16.1. The van der Waals surface area contributed by atoms with E-state index in [1.54, 1.807) is 32.7 Å². The minimum Gasteiger partial charge on any atom is -0.497 e. The fourth-order valence-electron chi connectivity index (χ4n) is 3.04. The fraction of sp³-hybridized carbons (Fsp3) is 0.250. The molecule has 1 aromatic heterocycles. The lowest BCUT2D eigenvalue weighted by Gasteiger charge is -2.20. The van der Waals surface area contributed by atoms with Crippen molar-refractivity contribution in [2.24, 2.45) is 0 Å². The van der Waals surface area contributed by atoms with Gasteiger partial charge in [-0.2, -0.15) is 0 Å². The molecule has 9 nitrogen and oxygen atoms in total. The Kier molecular flexibility index (Phi) is 8.58. The molecule has 33 heavy (non-hydrogen) atoms. The third kappa shape index (κ3) is 7.20. The Balaban J connectivity index is 1.57. The number of esters is 1. The third-order valence-electron chi connectivity index (χ3n) is 4.75. The topological polar surface area (TPSA) is 112 Å². The second kappa shape index (κ2) is 12.0. The number of rotatable bonds is 11. The lowest BCUT2D eigenvalue weighted by molar-refractivity contribution is -0.148. The molecule has 0 aliphatic heterocycles. The predicted molar refractivity (Wildman–Crippen MR) is 122 cm³/mol. The number of hydrogen-bond acceptors (Lipinski definition) is 8. The SMILES string of the molecule is COc1ccc(C(NC(=O)COC(=O)CCNc2ncccn2)c2ccc(OC)cc2)cc1. The van der Waals surface area contributed by atoms with Crippen molar-refractivity contribution in [2.45, 2.75) is 12.5 Å². The lowest BCUT2D eigenvalue weighted by atomic mass is 9.98. The molecule has 9 heteroatoms. The second-order valence-electron chi connectivity index (χ2n) is 6.96. The monoisotopic (exact) mass is 450 g/mol. The fourth-order valence-corrected chi connectivity index (χ4v) is 3.04. The largest absolute Gasteiger partial charge is 0.497 e. The van der Waals surface area contributed by atoms with E-state index in [0.717, 1.165) is 11.1 Å². The molecule has 3 rings (SSSR count). The Morgan fingerprint density at radius 3 is 1.94 bits per heavy atom. The first-order valence-corrected chi connectivity index (χ1v) is 10.3. The van der Waals surface area contributed by atoms with E-state index in [0.29, 0.717) is 24.0 Å². The molecule has 0 radical (unpaired) electrons. The number of anilines is 1. The molecule has 0 saturated heterocycles. The molecule has 0 fully saturated rings. The van der Waals surface area contributed by atoms with E-state index in [9.17, 15) is 9.59 Å². The molecule has 3 aromatic rings. The van der Waals surface area contributed by atoms with Crippen molar-refractivity contribution in [3.63, 3.8) is 0 Å². The van der Waals surface area contributed by atoms with E-state index in [-0.39, 0.29) is 13.0 Å². The van der Waals surface area contributed by atoms with Gasteiger partial charge in [0.15, 0.2) is 6.61 Å². The lowest BCUT2D eigenvalue weighted by Crippen LogP contribution is -2.33. The highest BCUT2D eigenvalue weighted by molar-refractivity contribution is 5.81. The summed E-state index contributed by atoms with van der Waals surface area (Å²) in [5.74, 6) is 0.923. The van der Waals surface area contributed by atoms with Gasteiger partial charge in [-0.3, -0.25) is 9.59 Å². The molecule has 1 heterocycles. The van der Waals surface area contributed by atoms with Gasteiger partial charge >= 0.3 is 5.97 Å². The van der Waals surface area contributed by atoms with Gasteiger partial charge in [-0.15, -0.1) is 0 Å². The van der Waals surface area contributed by atoms with Crippen LogP contribution in [0.2, 0.25) is 0 Å². The zero-order valence-electron chi connectivity index (χ0n) is 18.5. The summed E-state index contributed by atoms with van der Waals surface area (Å²) >= 11 is 0. The van der Waals surface area contributed by atoms with E-state index in [1.165, 1.54) is 0 Å². The van der Waals surface area contributed by atoms with Crippen LogP contribution < -0.4 is 20.1 Å². The van der Waals surface area contributed by atoms with Crippen molar-refractivity contribution < 1.29 is 23.8 Å². The summed E-state index contributed by atoms with van der Waals surface area (Å²) in [6.07, 6.45) is 3.27. The minimum absolute atomic E-state index is 0.0753. The van der Waals surface area contributed by atoms with Crippen molar-refractivity contribution in [1.82, 2.24) is 15.3 Å². The zero-order valence-corrected chi connectivity index (χ0v) is 18.5. The van der Waals surface area contributed by atoms with Crippen LogP contribution in [0.1, 0.15) is 23.6 Å². The molecule has 0 unspecified atom stereocenters. The normalized spacial score (nSPS) is 10.4. The Labute approximate surface area is 192 Å². The van der Waals surface area contributed by atoms with Crippen LogP contribution in [0.15, 0.2) is 67.0 Å². The third-order valence-corrected chi connectivity index (χ3v) is 4.75. The van der Waals surface area contributed by atoms with Crippen LogP contribution in [0.4, 0.5) is 5.95 Å². The van der Waals surface area contributed by atoms with Gasteiger partial charge in [0.2, 0.25) is 5.95 Å². The number of methoxy groups -OCH3 is 2. The van der Waals surface area contributed by atoms with Crippen LogP contribution in [0.3, 0.4) is 0 Å². The number of amides is 1. The first-order valence-electron chi connectivity index (χ1n) is 10.3. The van der Waals surface area contributed by atoms with Gasteiger partial charge in [0, 0.05) is 18.9 Å². The van der Waals surface area contributed by atoms with Crippen molar-refractivity contribution >= 4 is 17.8 Å². The molecule has 0 spiro atoms. The van der Waals surface area contributed by atoms with E-state index >= 15 is 0 Å². The minimum atomic E-state index is -0.501. The highest BCUT2D eigenvalue weighted by atomic mass is 16.5. The van der Waals surface area contributed by atoms with Crippen LogP contribution in [0.5, 0.6) is 11.5 Å². The van der Waals surface area contributed by atoms with Gasteiger partial charge in [0.05, 0.1) is 26.7 Å². The molecule has 0 aliphatic rings. The number of nitrogens with zero attached hydrogens (tertiary/aromatic N) is 2. The number of carbonyl (C=O) groups excluding carboxylic acids is 2. The summed E-state index contributed by atoms with van der Waals surface area (Å²) < 4.78 is 15.5. The average Bonchev–Trinajstić information content (AvgIpc) is 2.87. The van der Waals surface area contributed by atoms with E-state index in [4.69, 9.17) is 14.2 Å². The molecular formula is C24H26N4O5.